The summed E-state index contributed by atoms with van der Waals surface area (Å²) >= 11 is 3.24. The first kappa shape index (κ1) is 13.0. The second-order valence-corrected chi connectivity index (χ2v) is 6.05. The molecule has 1 aliphatic heterocycles. The highest BCUT2D eigenvalue weighted by molar-refractivity contribution is 9.10. The molecule has 0 bridgehead atoms. The molecule has 1 aromatic carbocycles. The molecular formula is C14H19BrFN. The van der Waals surface area contributed by atoms with Crippen LogP contribution in [0.1, 0.15) is 32.3 Å². The van der Waals surface area contributed by atoms with E-state index in [1.807, 2.05) is 12.1 Å². The molecule has 0 amide bonds. The summed E-state index contributed by atoms with van der Waals surface area (Å²) in [5.74, 6) is 0.648. The van der Waals surface area contributed by atoms with E-state index in [0.717, 1.165) is 19.0 Å². The van der Waals surface area contributed by atoms with E-state index in [-0.39, 0.29) is 5.82 Å². The monoisotopic (exact) mass is 299 g/mol. The van der Waals surface area contributed by atoms with Gasteiger partial charge in [-0.05, 0) is 65.9 Å². The molecule has 94 valence electrons. The molecule has 1 fully saturated rings. The summed E-state index contributed by atoms with van der Waals surface area (Å²) in [7, 11) is 0. The largest absolute Gasteiger partial charge is 0.296 e. The van der Waals surface area contributed by atoms with Crippen molar-refractivity contribution in [2.75, 3.05) is 6.54 Å². The van der Waals surface area contributed by atoms with Crippen molar-refractivity contribution in [3.63, 3.8) is 0 Å². The fraction of sp³-hybridized carbons (Fsp3) is 0.571. The van der Waals surface area contributed by atoms with Gasteiger partial charge in [-0.2, -0.15) is 0 Å². The molecule has 0 radical (unpaired) electrons. The molecule has 2 unspecified atom stereocenters. The van der Waals surface area contributed by atoms with Crippen LogP contribution in [0.2, 0.25) is 0 Å². The third kappa shape index (κ3) is 3.29. The van der Waals surface area contributed by atoms with E-state index in [9.17, 15) is 4.39 Å². The molecule has 0 saturated carbocycles. The Balaban J connectivity index is 2.02. The summed E-state index contributed by atoms with van der Waals surface area (Å²) in [4.78, 5) is 2.49. The van der Waals surface area contributed by atoms with Gasteiger partial charge in [0, 0.05) is 12.6 Å². The summed E-state index contributed by atoms with van der Waals surface area (Å²) < 4.78 is 13.7. The van der Waals surface area contributed by atoms with Gasteiger partial charge in [-0.25, -0.2) is 4.39 Å². The molecule has 0 N–H and O–H groups in total. The van der Waals surface area contributed by atoms with Gasteiger partial charge in [-0.15, -0.1) is 0 Å². The van der Waals surface area contributed by atoms with Crippen molar-refractivity contribution < 1.29 is 4.39 Å². The molecule has 2 atom stereocenters. The van der Waals surface area contributed by atoms with E-state index in [2.05, 4.69) is 34.7 Å². The summed E-state index contributed by atoms with van der Waals surface area (Å²) in [6.07, 6.45) is 2.54. The molecular weight excluding hydrogens is 281 g/mol. The maximum Gasteiger partial charge on any atom is 0.137 e. The molecule has 2 rings (SSSR count). The van der Waals surface area contributed by atoms with Crippen molar-refractivity contribution in [1.82, 2.24) is 4.90 Å². The van der Waals surface area contributed by atoms with Crippen LogP contribution >= 0.6 is 15.9 Å². The number of hydrogen-bond donors (Lipinski definition) is 0. The fourth-order valence-corrected chi connectivity index (χ4v) is 2.99. The third-order valence-electron chi connectivity index (χ3n) is 3.65. The minimum atomic E-state index is -0.186. The van der Waals surface area contributed by atoms with Crippen molar-refractivity contribution in [2.24, 2.45) is 5.92 Å². The van der Waals surface area contributed by atoms with Gasteiger partial charge in [-0.1, -0.05) is 13.0 Å². The first-order chi connectivity index (χ1) is 8.06. The van der Waals surface area contributed by atoms with Crippen molar-refractivity contribution in [2.45, 2.75) is 39.3 Å². The van der Waals surface area contributed by atoms with Crippen LogP contribution in [0.4, 0.5) is 4.39 Å². The molecule has 17 heavy (non-hydrogen) atoms. The smallest absolute Gasteiger partial charge is 0.137 e. The van der Waals surface area contributed by atoms with Crippen LogP contribution in [-0.2, 0) is 6.54 Å². The Bertz CT molecular complexity index is 394. The van der Waals surface area contributed by atoms with E-state index in [1.54, 1.807) is 0 Å². The number of piperidine rings is 1. The molecule has 1 heterocycles. The predicted octanol–water partition coefficient (Wildman–Crippen LogP) is 4.21. The molecule has 0 aliphatic carbocycles. The van der Waals surface area contributed by atoms with Crippen LogP contribution < -0.4 is 0 Å². The molecule has 1 saturated heterocycles. The average Bonchev–Trinajstić information content (AvgIpc) is 2.27. The van der Waals surface area contributed by atoms with Crippen LogP contribution in [0.3, 0.4) is 0 Å². The van der Waals surface area contributed by atoms with E-state index in [4.69, 9.17) is 0 Å². The van der Waals surface area contributed by atoms with Crippen LogP contribution in [0.5, 0.6) is 0 Å². The molecule has 1 nitrogen and oxygen atoms in total. The number of nitrogens with zero attached hydrogens (tertiary/aromatic N) is 1. The predicted molar refractivity (Wildman–Crippen MR) is 72.4 cm³/mol. The minimum absolute atomic E-state index is 0.186. The van der Waals surface area contributed by atoms with Gasteiger partial charge in [-0.3, -0.25) is 4.90 Å². The maximum absolute atomic E-state index is 13.1. The quantitative estimate of drug-likeness (QED) is 0.791. The lowest BCUT2D eigenvalue weighted by Gasteiger charge is -2.36. The van der Waals surface area contributed by atoms with Crippen LogP contribution in [0, 0.1) is 11.7 Å². The normalized spacial score (nSPS) is 26.1. The molecule has 1 aliphatic rings. The first-order valence-electron chi connectivity index (χ1n) is 6.24. The summed E-state index contributed by atoms with van der Waals surface area (Å²) in [5, 5.41) is 0. The van der Waals surface area contributed by atoms with Crippen molar-refractivity contribution in [1.29, 1.82) is 0 Å². The molecule has 1 aromatic rings. The van der Waals surface area contributed by atoms with Gasteiger partial charge in [0.1, 0.15) is 5.82 Å². The Labute approximate surface area is 111 Å². The van der Waals surface area contributed by atoms with Gasteiger partial charge >= 0.3 is 0 Å². The second-order valence-electron chi connectivity index (χ2n) is 5.20. The molecule has 0 aromatic heterocycles. The molecule has 0 spiro atoms. The van der Waals surface area contributed by atoms with Crippen molar-refractivity contribution in [3.8, 4) is 0 Å². The lowest BCUT2D eigenvalue weighted by atomic mass is 9.93. The topological polar surface area (TPSA) is 3.24 Å². The van der Waals surface area contributed by atoms with Gasteiger partial charge in [0.2, 0.25) is 0 Å². The number of benzene rings is 1. The third-order valence-corrected chi connectivity index (χ3v) is 4.25. The summed E-state index contributed by atoms with van der Waals surface area (Å²) in [6.45, 7) is 6.68. The first-order valence-corrected chi connectivity index (χ1v) is 7.03. The number of hydrogen-bond acceptors (Lipinski definition) is 1. The Kier molecular flexibility index (Phi) is 4.21. The van der Waals surface area contributed by atoms with E-state index in [0.29, 0.717) is 10.5 Å². The maximum atomic E-state index is 13.1. The second kappa shape index (κ2) is 5.49. The number of likely N-dealkylation sites (tertiary alicyclic amines) is 1. The van der Waals surface area contributed by atoms with E-state index >= 15 is 0 Å². The lowest BCUT2D eigenvalue weighted by molar-refractivity contribution is 0.122. The Morgan fingerprint density at radius 2 is 2.18 bits per heavy atom. The number of halogens is 2. The van der Waals surface area contributed by atoms with E-state index < -0.39 is 0 Å². The highest BCUT2D eigenvalue weighted by Gasteiger charge is 2.22. The standard InChI is InChI=1S/C14H19BrFN/c1-10-5-6-17(11(2)7-10)9-12-3-4-14(16)13(15)8-12/h3-4,8,10-11H,5-7,9H2,1-2H3. The van der Waals surface area contributed by atoms with Crippen LogP contribution in [-0.4, -0.2) is 17.5 Å². The zero-order valence-electron chi connectivity index (χ0n) is 10.4. The van der Waals surface area contributed by atoms with Gasteiger partial charge < -0.3 is 0 Å². The SMILES string of the molecule is CC1CCN(Cc2ccc(F)c(Br)c2)C(C)C1. The van der Waals surface area contributed by atoms with Crippen LogP contribution in [0.25, 0.3) is 0 Å². The number of rotatable bonds is 2. The van der Waals surface area contributed by atoms with Crippen LogP contribution in [0.15, 0.2) is 22.7 Å². The van der Waals surface area contributed by atoms with Gasteiger partial charge in [0.15, 0.2) is 0 Å². The minimum Gasteiger partial charge on any atom is -0.296 e. The zero-order chi connectivity index (χ0) is 12.4. The Morgan fingerprint density at radius 3 is 2.82 bits per heavy atom. The highest BCUT2D eigenvalue weighted by Crippen LogP contribution is 2.25. The van der Waals surface area contributed by atoms with Gasteiger partial charge in [0.05, 0.1) is 4.47 Å². The Hall–Kier alpha value is -0.410. The van der Waals surface area contributed by atoms with Crippen molar-refractivity contribution in [3.05, 3.63) is 34.1 Å². The lowest BCUT2D eigenvalue weighted by Crippen LogP contribution is -2.39. The van der Waals surface area contributed by atoms with Gasteiger partial charge in [0.25, 0.3) is 0 Å². The van der Waals surface area contributed by atoms with Crippen molar-refractivity contribution >= 4 is 15.9 Å². The highest BCUT2D eigenvalue weighted by atomic mass is 79.9. The van der Waals surface area contributed by atoms with E-state index in [1.165, 1.54) is 24.5 Å². The molecule has 3 heteroatoms. The zero-order valence-corrected chi connectivity index (χ0v) is 12.0. The Morgan fingerprint density at radius 1 is 1.41 bits per heavy atom. The summed E-state index contributed by atoms with van der Waals surface area (Å²) in [5.41, 5.74) is 1.18. The summed E-state index contributed by atoms with van der Waals surface area (Å²) in [6, 6.07) is 5.93. The average molecular weight is 300 g/mol. The fourth-order valence-electron chi connectivity index (χ4n) is 2.56.